The summed E-state index contributed by atoms with van der Waals surface area (Å²) >= 11 is 0. The Balaban J connectivity index is 2.66. The minimum atomic E-state index is 0.123. The van der Waals surface area contributed by atoms with E-state index >= 15 is 0 Å². The average Bonchev–Trinajstić information content (AvgIpc) is 2.26. The Kier molecular flexibility index (Phi) is 4.93. The summed E-state index contributed by atoms with van der Waals surface area (Å²) in [4.78, 5) is 0. The van der Waals surface area contributed by atoms with Crippen molar-refractivity contribution in [2.45, 2.75) is 6.42 Å². The summed E-state index contributed by atoms with van der Waals surface area (Å²) in [7, 11) is 1.67. The van der Waals surface area contributed by atoms with Crippen molar-refractivity contribution in [2.24, 2.45) is 0 Å². The first-order valence-electron chi connectivity index (χ1n) is 5.00. The van der Waals surface area contributed by atoms with Gasteiger partial charge in [-0.3, -0.25) is 0 Å². The second-order valence-corrected chi connectivity index (χ2v) is 3.31. The van der Waals surface area contributed by atoms with Gasteiger partial charge in [0, 0.05) is 25.0 Å². The van der Waals surface area contributed by atoms with Gasteiger partial charge in [0.2, 0.25) is 0 Å². The lowest BCUT2D eigenvalue weighted by Crippen LogP contribution is -2.07. The first-order valence-corrected chi connectivity index (χ1v) is 5.00. The van der Waals surface area contributed by atoms with E-state index in [-0.39, 0.29) is 6.61 Å². The third kappa shape index (κ3) is 3.77. The maximum Gasteiger partial charge on any atom is 0.0604 e. The summed E-state index contributed by atoms with van der Waals surface area (Å²) in [5.74, 6) is 0. The van der Waals surface area contributed by atoms with Crippen LogP contribution in [0.5, 0.6) is 0 Å². The summed E-state index contributed by atoms with van der Waals surface area (Å²) in [6.07, 6.45) is 0.803. The van der Waals surface area contributed by atoms with Gasteiger partial charge >= 0.3 is 0 Å². The fourth-order valence-electron chi connectivity index (χ4n) is 1.34. The number of benzene rings is 1. The third-order valence-corrected chi connectivity index (χ3v) is 2.16. The molecule has 4 nitrogen and oxygen atoms in total. The molecule has 15 heavy (non-hydrogen) atoms. The van der Waals surface area contributed by atoms with Crippen LogP contribution in [0.2, 0.25) is 0 Å². The van der Waals surface area contributed by atoms with E-state index in [4.69, 9.17) is 15.6 Å². The van der Waals surface area contributed by atoms with Crippen LogP contribution in [0, 0.1) is 0 Å². The molecule has 1 aromatic carbocycles. The Labute approximate surface area is 90.1 Å². The van der Waals surface area contributed by atoms with Crippen LogP contribution < -0.4 is 11.1 Å². The molecule has 0 aromatic heterocycles. The minimum absolute atomic E-state index is 0.123. The molecule has 0 atom stereocenters. The van der Waals surface area contributed by atoms with Gasteiger partial charge in [-0.2, -0.15) is 0 Å². The van der Waals surface area contributed by atoms with Gasteiger partial charge in [0.15, 0.2) is 0 Å². The number of methoxy groups -OCH3 is 1. The molecule has 0 aliphatic carbocycles. The molecule has 0 aliphatic heterocycles. The smallest absolute Gasteiger partial charge is 0.0604 e. The molecule has 0 radical (unpaired) electrons. The van der Waals surface area contributed by atoms with Crippen molar-refractivity contribution in [3.8, 4) is 0 Å². The van der Waals surface area contributed by atoms with Crippen LogP contribution in [-0.2, 0) is 11.2 Å². The first kappa shape index (κ1) is 11.8. The lowest BCUT2D eigenvalue weighted by molar-refractivity contribution is 0.202. The van der Waals surface area contributed by atoms with Gasteiger partial charge in [-0.25, -0.2) is 0 Å². The number of aliphatic hydroxyl groups excluding tert-OH is 1. The predicted molar refractivity (Wildman–Crippen MR) is 62.0 cm³/mol. The zero-order valence-electron chi connectivity index (χ0n) is 8.99. The van der Waals surface area contributed by atoms with Gasteiger partial charge in [-0.1, -0.05) is 0 Å². The number of hydrogen-bond acceptors (Lipinski definition) is 4. The molecule has 0 bridgehead atoms. The number of nitrogens with two attached hydrogens (primary N) is 1. The predicted octanol–water partition coefficient (Wildman–Crippen LogP) is 0.862. The van der Waals surface area contributed by atoms with Crippen LogP contribution in [0.1, 0.15) is 5.56 Å². The number of anilines is 2. The molecule has 0 saturated heterocycles. The maximum atomic E-state index is 8.69. The Bertz CT molecular complexity index is 303. The summed E-state index contributed by atoms with van der Waals surface area (Å²) in [5, 5.41) is 11.8. The number of hydrogen-bond donors (Lipinski definition) is 3. The summed E-state index contributed by atoms with van der Waals surface area (Å²) in [6.45, 7) is 1.33. The SMILES string of the molecule is COCCc1cc(NCCO)ccc1N. The van der Waals surface area contributed by atoms with Crippen LogP contribution in [0.4, 0.5) is 11.4 Å². The first-order chi connectivity index (χ1) is 7.27. The lowest BCUT2D eigenvalue weighted by Gasteiger charge is -2.09. The molecular weight excluding hydrogens is 192 g/mol. The summed E-state index contributed by atoms with van der Waals surface area (Å²) < 4.78 is 5.01. The topological polar surface area (TPSA) is 67.5 Å². The van der Waals surface area contributed by atoms with Gasteiger partial charge in [-0.15, -0.1) is 0 Å². The maximum absolute atomic E-state index is 8.69. The van der Waals surface area contributed by atoms with E-state index < -0.39 is 0 Å². The number of nitrogen functional groups attached to an aromatic ring is 1. The standard InChI is InChI=1S/C11H18N2O2/c1-15-7-4-9-8-10(13-5-6-14)2-3-11(9)12/h2-3,8,13-14H,4-7,12H2,1H3. The van der Waals surface area contributed by atoms with E-state index in [9.17, 15) is 0 Å². The van der Waals surface area contributed by atoms with Gasteiger partial charge in [-0.05, 0) is 30.2 Å². The van der Waals surface area contributed by atoms with E-state index in [2.05, 4.69) is 5.32 Å². The highest BCUT2D eigenvalue weighted by Crippen LogP contribution is 2.18. The number of nitrogens with one attached hydrogen (secondary N) is 1. The minimum Gasteiger partial charge on any atom is -0.399 e. The van der Waals surface area contributed by atoms with Crippen molar-refractivity contribution in [1.82, 2.24) is 0 Å². The van der Waals surface area contributed by atoms with Crippen molar-refractivity contribution in [1.29, 1.82) is 0 Å². The fourth-order valence-corrected chi connectivity index (χ4v) is 1.34. The second-order valence-electron chi connectivity index (χ2n) is 3.31. The summed E-state index contributed by atoms with van der Waals surface area (Å²) in [6, 6.07) is 5.76. The Morgan fingerprint density at radius 1 is 1.47 bits per heavy atom. The summed E-state index contributed by atoms with van der Waals surface area (Å²) in [5.41, 5.74) is 8.65. The lowest BCUT2D eigenvalue weighted by atomic mass is 10.1. The monoisotopic (exact) mass is 210 g/mol. The quantitative estimate of drug-likeness (QED) is 0.609. The van der Waals surface area contributed by atoms with Gasteiger partial charge in [0.05, 0.1) is 13.2 Å². The third-order valence-electron chi connectivity index (χ3n) is 2.16. The fraction of sp³-hybridized carbons (Fsp3) is 0.455. The zero-order chi connectivity index (χ0) is 11.1. The molecule has 0 heterocycles. The van der Waals surface area contributed by atoms with E-state index in [1.807, 2.05) is 18.2 Å². The highest BCUT2D eigenvalue weighted by molar-refractivity contribution is 5.57. The van der Waals surface area contributed by atoms with Crippen LogP contribution in [-0.4, -0.2) is 32.0 Å². The molecule has 1 rings (SSSR count). The molecule has 1 aromatic rings. The van der Waals surface area contributed by atoms with E-state index in [0.29, 0.717) is 13.2 Å². The molecule has 0 spiro atoms. The number of ether oxygens (including phenoxy) is 1. The highest BCUT2D eigenvalue weighted by Gasteiger charge is 2.00. The van der Waals surface area contributed by atoms with Crippen LogP contribution in [0.25, 0.3) is 0 Å². The normalized spacial score (nSPS) is 10.3. The van der Waals surface area contributed by atoms with Crippen molar-refractivity contribution in [3.63, 3.8) is 0 Å². The molecule has 0 aliphatic rings. The second kappa shape index (κ2) is 6.27. The molecule has 84 valence electrons. The zero-order valence-corrected chi connectivity index (χ0v) is 8.99. The van der Waals surface area contributed by atoms with Crippen LogP contribution in [0.15, 0.2) is 18.2 Å². The molecule has 0 unspecified atom stereocenters. The molecule has 4 N–H and O–H groups in total. The van der Waals surface area contributed by atoms with Crippen molar-refractivity contribution < 1.29 is 9.84 Å². The van der Waals surface area contributed by atoms with Gasteiger partial charge < -0.3 is 20.9 Å². The number of aliphatic hydroxyl groups is 1. The van der Waals surface area contributed by atoms with Gasteiger partial charge in [0.1, 0.15) is 0 Å². The van der Waals surface area contributed by atoms with Crippen LogP contribution >= 0.6 is 0 Å². The average molecular weight is 210 g/mol. The van der Waals surface area contributed by atoms with Crippen molar-refractivity contribution in [3.05, 3.63) is 23.8 Å². The Morgan fingerprint density at radius 2 is 2.27 bits per heavy atom. The van der Waals surface area contributed by atoms with Crippen molar-refractivity contribution in [2.75, 3.05) is 37.9 Å². The Morgan fingerprint density at radius 3 is 2.93 bits per heavy atom. The molecular formula is C11H18N2O2. The van der Waals surface area contributed by atoms with E-state index in [1.54, 1.807) is 7.11 Å². The highest BCUT2D eigenvalue weighted by atomic mass is 16.5. The van der Waals surface area contributed by atoms with Crippen LogP contribution in [0.3, 0.4) is 0 Å². The number of rotatable bonds is 6. The van der Waals surface area contributed by atoms with E-state index in [0.717, 1.165) is 23.4 Å². The molecule has 0 saturated carbocycles. The van der Waals surface area contributed by atoms with E-state index in [1.165, 1.54) is 0 Å². The largest absolute Gasteiger partial charge is 0.399 e. The van der Waals surface area contributed by atoms with Crippen molar-refractivity contribution >= 4 is 11.4 Å². The molecule has 4 heteroatoms. The van der Waals surface area contributed by atoms with Gasteiger partial charge in [0.25, 0.3) is 0 Å². The molecule has 0 amide bonds. The molecule has 0 fully saturated rings. The Hall–Kier alpha value is -1.26.